The molecule has 0 spiro atoms. The number of hydrogen-bond donors (Lipinski definition) is 1. The van der Waals surface area contributed by atoms with Crippen molar-refractivity contribution in [2.75, 3.05) is 7.05 Å². The Kier molecular flexibility index (Phi) is 3.65. The van der Waals surface area contributed by atoms with Crippen molar-refractivity contribution in [3.63, 3.8) is 0 Å². The van der Waals surface area contributed by atoms with E-state index in [0.717, 1.165) is 14.8 Å². The van der Waals surface area contributed by atoms with Crippen LogP contribution in [-0.2, 0) is 9.53 Å². The van der Waals surface area contributed by atoms with Gasteiger partial charge in [0.2, 0.25) is 0 Å². The fourth-order valence-electron chi connectivity index (χ4n) is 2.08. The molecule has 6 heteroatoms. The van der Waals surface area contributed by atoms with Crippen LogP contribution in [0.15, 0.2) is 30.3 Å². The van der Waals surface area contributed by atoms with Crippen molar-refractivity contribution in [2.24, 2.45) is 0 Å². The van der Waals surface area contributed by atoms with Crippen molar-refractivity contribution < 1.29 is 14.3 Å². The molecule has 0 aliphatic rings. The highest BCUT2D eigenvalue weighted by Gasteiger charge is 2.20. The summed E-state index contributed by atoms with van der Waals surface area (Å²) in [6, 6.07) is 9.94. The molecule has 3 rings (SSSR count). The van der Waals surface area contributed by atoms with E-state index in [-0.39, 0.29) is 5.91 Å². The highest BCUT2D eigenvalue weighted by Crippen LogP contribution is 2.39. The molecular formula is C15H13NO3S2. The monoisotopic (exact) mass is 319 g/mol. The SMILES string of the molecule is CNC(=O)[C@H](C)OC(=O)c1cc2sc3ccccc3c2s1. The van der Waals surface area contributed by atoms with Gasteiger partial charge < -0.3 is 10.1 Å². The van der Waals surface area contributed by atoms with E-state index >= 15 is 0 Å². The second kappa shape index (κ2) is 5.46. The molecule has 108 valence electrons. The van der Waals surface area contributed by atoms with Crippen LogP contribution < -0.4 is 5.32 Å². The standard InChI is InChI=1S/C15H13NO3S2/c1-8(14(17)16-2)19-15(18)12-7-11-13(21-12)9-5-3-4-6-10(9)20-11/h3-8H,1-2H3,(H,16,17)/t8-/m0/s1. The van der Waals surface area contributed by atoms with Crippen LogP contribution in [0.2, 0.25) is 0 Å². The van der Waals surface area contributed by atoms with Crippen LogP contribution in [0.5, 0.6) is 0 Å². The van der Waals surface area contributed by atoms with Gasteiger partial charge in [0, 0.05) is 21.8 Å². The van der Waals surface area contributed by atoms with Gasteiger partial charge in [0.05, 0.1) is 4.70 Å². The lowest BCUT2D eigenvalue weighted by Gasteiger charge is -2.10. The van der Waals surface area contributed by atoms with E-state index in [9.17, 15) is 9.59 Å². The maximum Gasteiger partial charge on any atom is 0.349 e. The zero-order chi connectivity index (χ0) is 15.0. The van der Waals surface area contributed by atoms with Crippen molar-refractivity contribution in [1.82, 2.24) is 5.32 Å². The molecule has 1 N–H and O–H groups in total. The van der Waals surface area contributed by atoms with E-state index in [1.807, 2.05) is 24.3 Å². The smallest absolute Gasteiger partial charge is 0.349 e. The Bertz CT molecular complexity index is 834. The first kappa shape index (κ1) is 14.0. The summed E-state index contributed by atoms with van der Waals surface area (Å²) >= 11 is 3.06. The Hall–Kier alpha value is -1.92. The number of benzene rings is 1. The van der Waals surface area contributed by atoms with E-state index in [1.165, 1.54) is 23.1 Å². The van der Waals surface area contributed by atoms with Gasteiger partial charge in [-0.15, -0.1) is 22.7 Å². The molecule has 1 aromatic carbocycles. The summed E-state index contributed by atoms with van der Waals surface area (Å²) in [4.78, 5) is 24.0. The molecule has 1 atom stereocenters. The van der Waals surface area contributed by atoms with Crippen molar-refractivity contribution in [2.45, 2.75) is 13.0 Å². The number of esters is 1. The zero-order valence-electron chi connectivity index (χ0n) is 11.5. The number of carbonyl (C=O) groups excluding carboxylic acids is 2. The van der Waals surface area contributed by atoms with Gasteiger partial charge in [-0.2, -0.15) is 0 Å². The summed E-state index contributed by atoms with van der Waals surface area (Å²) in [5.41, 5.74) is 0. The summed E-state index contributed by atoms with van der Waals surface area (Å²) in [7, 11) is 1.51. The molecule has 1 amide bonds. The molecule has 2 heterocycles. The second-order valence-electron chi connectivity index (χ2n) is 4.56. The quantitative estimate of drug-likeness (QED) is 0.753. The van der Waals surface area contributed by atoms with Gasteiger partial charge >= 0.3 is 5.97 Å². The Morgan fingerprint density at radius 2 is 1.95 bits per heavy atom. The van der Waals surface area contributed by atoms with Gasteiger partial charge in [-0.1, -0.05) is 18.2 Å². The Morgan fingerprint density at radius 1 is 1.19 bits per heavy atom. The van der Waals surface area contributed by atoms with Gasteiger partial charge in [0.15, 0.2) is 6.10 Å². The number of hydrogen-bond acceptors (Lipinski definition) is 5. The Morgan fingerprint density at radius 3 is 2.71 bits per heavy atom. The third kappa shape index (κ3) is 2.52. The van der Waals surface area contributed by atoms with Crippen LogP contribution >= 0.6 is 22.7 Å². The van der Waals surface area contributed by atoms with Crippen molar-refractivity contribution >= 4 is 54.0 Å². The van der Waals surface area contributed by atoms with Gasteiger partial charge in [-0.3, -0.25) is 4.79 Å². The minimum absolute atomic E-state index is 0.313. The summed E-state index contributed by atoms with van der Waals surface area (Å²) in [5.74, 6) is -0.768. The number of ether oxygens (including phenoxy) is 1. The fraction of sp³-hybridized carbons (Fsp3) is 0.200. The average Bonchev–Trinajstić information content (AvgIpc) is 3.03. The number of carbonyl (C=O) groups is 2. The predicted octanol–water partition coefficient (Wildman–Crippen LogP) is 3.41. The van der Waals surface area contributed by atoms with E-state index < -0.39 is 12.1 Å². The number of likely N-dealkylation sites (N-methyl/N-ethyl adjacent to an activating group) is 1. The lowest BCUT2D eigenvalue weighted by atomic mass is 10.2. The predicted molar refractivity (Wildman–Crippen MR) is 86.2 cm³/mol. The van der Waals surface area contributed by atoms with Crippen LogP contribution in [0.3, 0.4) is 0 Å². The maximum atomic E-state index is 12.1. The van der Waals surface area contributed by atoms with Crippen LogP contribution in [0.25, 0.3) is 19.5 Å². The molecule has 0 aliphatic heterocycles. The molecule has 0 saturated carbocycles. The molecule has 0 saturated heterocycles. The third-order valence-electron chi connectivity index (χ3n) is 3.15. The Balaban J connectivity index is 1.91. The van der Waals surface area contributed by atoms with E-state index in [1.54, 1.807) is 18.3 Å². The average molecular weight is 319 g/mol. The minimum Gasteiger partial charge on any atom is -0.448 e. The van der Waals surface area contributed by atoms with Gasteiger partial charge in [-0.05, 0) is 19.1 Å². The first-order chi connectivity index (χ1) is 10.1. The second-order valence-corrected chi connectivity index (χ2v) is 6.70. The highest BCUT2D eigenvalue weighted by atomic mass is 32.1. The van der Waals surface area contributed by atoms with E-state index in [0.29, 0.717) is 4.88 Å². The van der Waals surface area contributed by atoms with Crippen molar-refractivity contribution in [3.05, 3.63) is 35.2 Å². The maximum absolute atomic E-state index is 12.1. The summed E-state index contributed by atoms with van der Waals surface area (Å²) in [6.45, 7) is 1.56. The van der Waals surface area contributed by atoms with Crippen molar-refractivity contribution in [1.29, 1.82) is 0 Å². The molecule has 0 unspecified atom stereocenters. The van der Waals surface area contributed by atoms with Crippen LogP contribution in [0, 0.1) is 0 Å². The van der Waals surface area contributed by atoms with Gasteiger partial charge in [-0.25, -0.2) is 4.79 Å². The van der Waals surface area contributed by atoms with Crippen molar-refractivity contribution in [3.8, 4) is 0 Å². The van der Waals surface area contributed by atoms with E-state index in [4.69, 9.17) is 4.74 Å². The van der Waals surface area contributed by atoms with Crippen LogP contribution in [0.1, 0.15) is 16.6 Å². The summed E-state index contributed by atoms with van der Waals surface area (Å²) in [5, 5.41) is 3.61. The molecule has 4 nitrogen and oxygen atoms in total. The lowest BCUT2D eigenvalue weighted by molar-refractivity contribution is -0.128. The van der Waals surface area contributed by atoms with Gasteiger partial charge in [0.1, 0.15) is 4.88 Å². The third-order valence-corrected chi connectivity index (χ3v) is 5.55. The van der Waals surface area contributed by atoms with Crippen LogP contribution in [0.4, 0.5) is 0 Å². The summed E-state index contributed by atoms with van der Waals surface area (Å²) < 4.78 is 8.53. The first-order valence-corrected chi connectivity index (χ1v) is 8.07. The molecule has 0 aliphatic carbocycles. The molecule has 0 fully saturated rings. The normalized spacial score (nSPS) is 12.5. The topological polar surface area (TPSA) is 55.4 Å². The molecular weight excluding hydrogens is 306 g/mol. The largest absolute Gasteiger partial charge is 0.448 e. The molecule has 0 bridgehead atoms. The number of rotatable bonds is 3. The molecule has 21 heavy (non-hydrogen) atoms. The first-order valence-electron chi connectivity index (χ1n) is 6.44. The van der Waals surface area contributed by atoms with E-state index in [2.05, 4.69) is 11.4 Å². The molecule has 3 aromatic rings. The number of fused-ring (bicyclic) bond motifs is 3. The molecule has 0 radical (unpaired) electrons. The number of nitrogens with one attached hydrogen (secondary N) is 1. The van der Waals surface area contributed by atoms with Crippen LogP contribution in [-0.4, -0.2) is 25.0 Å². The molecule has 2 aromatic heterocycles. The Labute approximate surface area is 129 Å². The fourth-order valence-corrected chi connectivity index (χ4v) is 4.48. The lowest BCUT2D eigenvalue weighted by Crippen LogP contribution is -2.33. The minimum atomic E-state index is -0.792. The zero-order valence-corrected chi connectivity index (χ0v) is 13.1. The van der Waals surface area contributed by atoms with Gasteiger partial charge in [0.25, 0.3) is 5.91 Å². The highest BCUT2D eigenvalue weighted by molar-refractivity contribution is 7.33. The number of amides is 1. The number of thiophene rings is 2. The summed E-state index contributed by atoms with van der Waals surface area (Å²) in [6.07, 6.45) is -0.792.